The van der Waals surface area contributed by atoms with Gasteiger partial charge in [0.2, 0.25) is 17.7 Å². The summed E-state index contributed by atoms with van der Waals surface area (Å²) in [5.41, 5.74) is 1.33. The van der Waals surface area contributed by atoms with E-state index in [0.29, 0.717) is 29.3 Å². The molecule has 3 rings (SSSR count). The number of carbonyl (C=O) groups is 1. The summed E-state index contributed by atoms with van der Waals surface area (Å²) in [6.07, 6.45) is 0. The lowest BCUT2D eigenvalue weighted by molar-refractivity contribution is 0.102. The van der Waals surface area contributed by atoms with E-state index in [1.807, 2.05) is 12.1 Å². The number of nitrogens with one attached hydrogen (secondary N) is 3. The SMILES string of the molecule is COc1nc(NCCNC(C)C)nc(OC)c1NC(=O)c1csc(Oc2cc(C(C)(C)C)ccc2Cl)n1. The van der Waals surface area contributed by atoms with Crippen LogP contribution in [0, 0.1) is 0 Å². The molecule has 0 unspecified atom stereocenters. The van der Waals surface area contributed by atoms with Crippen LogP contribution in [-0.4, -0.2) is 54.2 Å². The number of methoxy groups -OCH3 is 2. The zero-order chi connectivity index (χ0) is 27.2. The summed E-state index contributed by atoms with van der Waals surface area (Å²) in [4.78, 5) is 26.0. The molecule has 1 amide bonds. The normalized spacial score (nSPS) is 11.4. The van der Waals surface area contributed by atoms with Crippen molar-refractivity contribution in [2.75, 3.05) is 37.9 Å². The summed E-state index contributed by atoms with van der Waals surface area (Å²) in [5.74, 6) is 0.589. The number of benzene rings is 1. The molecule has 3 aromatic rings. The van der Waals surface area contributed by atoms with Crippen LogP contribution in [0.25, 0.3) is 0 Å². The average Bonchev–Trinajstić information content (AvgIpc) is 3.31. The molecule has 0 bridgehead atoms. The zero-order valence-corrected chi connectivity index (χ0v) is 23.6. The summed E-state index contributed by atoms with van der Waals surface area (Å²) in [6.45, 7) is 11.8. The van der Waals surface area contributed by atoms with Gasteiger partial charge in [-0.3, -0.25) is 4.79 Å². The molecular weight excluding hydrogens is 516 g/mol. The molecular formula is C25H33ClN6O4S. The molecule has 0 fully saturated rings. The van der Waals surface area contributed by atoms with Crippen LogP contribution < -0.4 is 30.2 Å². The molecule has 2 heterocycles. The fourth-order valence-corrected chi connectivity index (χ4v) is 3.98. The quantitative estimate of drug-likeness (QED) is 0.272. The summed E-state index contributed by atoms with van der Waals surface area (Å²) < 4.78 is 16.7. The maximum Gasteiger partial charge on any atom is 0.279 e. The van der Waals surface area contributed by atoms with E-state index in [9.17, 15) is 4.79 Å². The molecule has 0 saturated heterocycles. The Labute approximate surface area is 226 Å². The topological polar surface area (TPSA) is 120 Å². The summed E-state index contributed by atoms with van der Waals surface area (Å²) in [5, 5.41) is 11.5. The van der Waals surface area contributed by atoms with Crippen LogP contribution in [0.15, 0.2) is 23.6 Å². The highest BCUT2D eigenvalue weighted by Crippen LogP contribution is 2.36. The third-order valence-electron chi connectivity index (χ3n) is 5.14. The first-order valence-electron chi connectivity index (χ1n) is 11.7. The van der Waals surface area contributed by atoms with Gasteiger partial charge in [0.25, 0.3) is 11.1 Å². The number of amides is 1. The van der Waals surface area contributed by atoms with E-state index in [4.69, 9.17) is 25.8 Å². The predicted octanol–water partition coefficient (Wildman–Crippen LogP) is 5.36. The number of hydrogen-bond donors (Lipinski definition) is 3. The van der Waals surface area contributed by atoms with Crippen LogP contribution in [0.3, 0.4) is 0 Å². The molecule has 0 spiro atoms. The predicted molar refractivity (Wildman–Crippen MR) is 147 cm³/mol. The van der Waals surface area contributed by atoms with E-state index in [2.05, 4.69) is 65.5 Å². The number of thiazole rings is 1. The van der Waals surface area contributed by atoms with Crippen molar-refractivity contribution in [1.82, 2.24) is 20.3 Å². The Bertz CT molecular complexity index is 1200. The van der Waals surface area contributed by atoms with Crippen LogP contribution >= 0.6 is 22.9 Å². The van der Waals surface area contributed by atoms with E-state index in [1.54, 1.807) is 11.4 Å². The first-order valence-corrected chi connectivity index (χ1v) is 13.0. The highest BCUT2D eigenvalue weighted by Gasteiger charge is 2.22. The minimum atomic E-state index is -0.498. The van der Waals surface area contributed by atoms with Crippen LogP contribution in [0.2, 0.25) is 5.02 Å². The third-order valence-corrected chi connectivity index (χ3v) is 6.17. The molecule has 0 saturated carbocycles. The Morgan fingerprint density at radius 1 is 1.08 bits per heavy atom. The van der Waals surface area contributed by atoms with Gasteiger partial charge in [-0.2, -0.15) is 15.0 Å². The van der Waals surface area contributed by atoms with Crippen molar-refractivity contribution >= 4 is 40.5 Å². The smallest absolute Gasteiger partial charge is 0.279 e. The van der Waals surface area contributed by atoms with Crippen molar-refractivity contribution in [3.8, 4) is 22.7 Å². The number of carbonyl (C=O) groups excluding carboxylic acids is 1. The Hall–Kier alpha value is -3.15. The fourth-order valence-electron chi connectivity index (χ4n) is 3.17. The molecule has 0 radical (unpaired) electrons. The van der Waals surface area contributed by atoms with Crippen molar-refractivity contribution in [2.24, 2.45) is 0 Å². The first-order chi connectivity index (χ1) is 17.5. The molecule has 0 aliphatic carbocycles. The molecule has 37 heavy (non-hydrogen) atoms. The third kappa shape index (κ3) is 7.67. The monoisotopic (exact) mass is 548 g/mol. The molecule has 200 valence electrons. The van der Waals surface area contributed by atoms with Gasteiger partial charge in [0, 0.05) is 24.5 Å². The second-order valence-corrected chi connectivity index (χ2v) is 10.7. The van der Waals surface area contributed by atoms with E-state index < -0.39 is 5.91 Å². The van der Waals surface area contributed by atoms with Gasteiger partial charge in [-0.05, 0) is 23.1 Å². The Balaban J connectivity index is 1.74. The number of aromatic nitrogens is 3. The van der Waals surface area contributed by atoms with Crippen molar-refractivity contribution in [3.63, 3.8) is 0 Å². The van der Waals surface area contributed by atoms with Crippen molar-refractivity contribution in [2.45, 2.75) is 46.1 Å². The number of hydrogen-bond acceptors (Lipinski definition) is 10. The maximum absolute atomic E-state index is 13.0. The Morgan fingerprint density at radius 3 is 2.35 bits per heavy atom. The highest BCUT2D eigenvalue weighted by molar-refractivity contribution is 7.11. The van der Waals surface area contributed by atoms with E-state index in [0.717, 1.165) is 12.1 Å². The standard InChI is InChI=1S/C25H33ClN6O4S/c1-14(2)27-10-11-28-23-31-21(34-6)19(22(32-23)35-7)30-20(33)17-13-37-24(29-17)36-18-12-15(25(3,4)5)8-9-16(18)26/h8-9,12-14,27H,10-11H2,1-7H3,(H,30,33)(H,28,31,32). The lowest BCUT2D eigenvalue weighted by Crippen LogP contribution is -2.28. The minimum Gasteiger partial charge on any atom is -0.479 e. The molecule has 10 nitrogen and oxygen atoms in total. The molecule has 0 aliphatic rings. The first kappa shape index (κ1) is 28.4. The lowest BCUT2D eigenvalue weighted by Gasteiger charge is -2.20. The molecule has 1 aromatic carbocycles. The van der Waals surface area contributed by atoms with Gasteiger partial charge in [0.05, 0.1) is 19.2 Å². The number of rotatable bonds is 11. The van der Waals surface area contributed by atoms with Gasteiger partial charge >= 0.3 is 0 Å². The van der Waals surface area contributed by atoms with Gasteiger partial charge in [0.1, 0.15) is 11.4 Å². The molecule has 2 aromatic heterocycles. The average molecular weight is 549 g/mol. The maximum atomic E-state index is 13.0. The lowest BCUT2D eigenvalue weighted by atomic mass is 9.87. The van der Waals surface area contributed by atoms with Crippen molar-refractivity contribution < 1.29 is 19.0 Å². The van der Waals surface area contributed by atoms with Gasteiger partial charge in [-0.25, -0.2) is 0 Å². The number of halogens is 1. The summed E-state index contributed by atoms with van der Waals surface area (Å²) in [7, 11) is 2.90. The second kappa shape index (κ2) is 12.4. The van der Waals surface area contributed by atoms with Crippen LogP contribution in [-0.2, 0) is 5.41 Å². The Kier molecular flexibility index (Phi) is 9.52. The molecule has 0 atom stereocenters. The van der Waals surface area contributed by atoms with Crippen molar-refractivity contribution in [3.05, 3.63) is 39.9 Å². The van der Waals surface area contributed by atoms with E-state index in [-0.39, 0.29) is 33.7 Å². The highest BCUT2D eigenvalue weighted by atomic mass is 35.5. The Morgan fingerprint density at radius 2 is 1.76 bits per heavy atom. The zero-order valence-electron chi connectivity index (χ0n) is 22.1. The van der Waals surface area contributed by atoms with Crippen LogP contribution in [0.5, 0.6) is 22.7 Å². The summed E-state index contributed by atoms with van der Waals surface area (Å²) in [6, 6.07) is 6.00. The van der Waals surface area contributed by atoms with E-state index in [1.165, 1.54) is 25.6 Å². The van der Waals surface area contributed by atoms with Gasteiger partial charge in [-0.1, -0.05) is 63.6 Å². The van der Waals surface area contributed by atoms with Gasteiger partial charge in [0.15, 0.2) is 5.69 Å². The number of anilines is 2. The van der Waals surface area contributed by atoms with Gasteiger partial charge < -0.3 is 30.2 Å². The number of ether oxygens (including phenoxy) is 3. The van der Waals surface area contributed by atoms with Crippen molar-refractivity contribution in [1.29, 1.82) is 0 Å². The molecule has 3 N–H and O–H groups in total. The minimum absolute atomic E-state index is 0.0765. The van der Waals surface area contributed by atoms with Crippen LogP contribution in [0.1, 0.15) is 50.7 Å². The second-order valence-electron chi connectivity index (χ2n) is 9.43. The fraction of sp³-hybridized carbons (Fsp3) is 0.440. The number of nitrogens with zero attached hydrogens (tertiary/aromatic N) is 3. The summed E-state index contributed by atoms with van der Waals surface area (Å²) >= 11 is 7.51. The molecule has 12 heteroatoms. The van der Waals surface area contributed by atoms with E-state index >= 15 is 0 Å². The largest absolute Gasteiger partial charge is 0.479 e. The molecule has 0 aliphatic heterocycles. The van der Waals surface area contributed by atoms with Gasteiger partial charge in [-0.15, -0.1) is 0 Å². The van der Waals surface area contributed by atoms with Crippen LogP contribution in [0.4, 0.5) is 11.6 Å².